The van der Waals surface area contributed by atoms with E-state index < -0.39 is 0 Å². The highest BCUT2D eigenvalue weighted by Gasteiger charge is 2.36. The molecule has 2 heteroatoms. The first kappa shape index (κ1) is 17.3. The summed E-state index contributed by atoms with van der Waals surface area (Å²) in [5.74, 6) is 1.01. The zero-order chi connectivity index (χ0) is 15.0. The second kappa shape index (κ2) is 9.15. The van der Waals surface area contributed by atoms with Crippen LogP contribution in [0.25, 0.3) is 0 Å². The summed E-state index contributed by atoms with van der Waals surface area (Å²) in [6.07, 6.45) is 15.2. The van der Waals surface area contributed by atoms with E-state index in [2.05, 4.69) is 19.2 Å². The van der Waals surface area contributed by atoms with Gasteiger partial charge in [0.2, 0.25) is 0 Å². The van der Waals surface area contributed by atoms with Gasteiger partial charge in [-0.05, 0) is 62.7 Å². The van der Waals surface area contributed by atoms with E-state index >= 15 is 0 Å². The van der Waals surface area contributed by atoms with Crippen molar-refractivity contribution >= 4 is 0 Å². The highest BCUT2D eigenvalue weighted by Crippen LogP contribution is 2.43. The molecule has 2 aliphatic carbocycles. The van der Waals surface area contributed by atoms with Crippen LogP contribution < -0.4 is 5.32 Å². The Labute approximate surface area is 132 Å². The number of hydrogen-bond donors (Lipinski definition) is 1. The van der Waals surface area contributed by atoms with E-state index in [-0.39, 0.29) is 0 Å². The molecule has 0 heterocycles. The molecule has 2 fully saturated rings. The fourth-order valence-electron chi connectivity index (χ4n) is 3.77. The average molecular weight is 296 g/mol. The van der Waals surface area contributed by atoms with Crippen molar-refractivity contribution < 1.29 is 4.74 Å². The van der Waals surface area contributed by atoms with Crippen LogP contribution in [-0.4, -0.2) is 25.8 Å². The molecule has 0 bridgehead atoms. The van der Waals surface area contributed by atoms with Gasteiger partial charge in [0.25, 0.3) is 0 Å². The second-order valence-corrected chi connectivity index (χ2v) is 7.60. The molecule has 0 atom stereocenters. The molecule has 0 aromatic heterocycles. The monoisotopic (exact) mass is 295 g/mol. The summed E-state index contributed by atoms with van der Waals surface area (Å²) in [5, 5.41) is 3.81. The maximum atomic E-state index is 5.80. The fraction of sp³-hybridized carbons (Fsp3) is 1.00. The third-order valence-electron chi connectivity index (χ3n) is 5.60. The van der Waals surface area contributed by atoms with Crippen LogP contribution in [-0.2, 0) is 4.74 Å². The van der Waals surface area contributed by atoms with Crippen LogP contribution in [0, 0.1) is 11.3 Å². The largest absolute Gasteiger partial charge is 0.381 e. The fourth-order valence-corrected chi connectivity index (χ4v) is 3.77. The summed E-state index contributed by atoms with van der Waals surface area (Å²) in [6.45, 7) is 7.67. The van der Waals surface area contributed by atoms with Crippen molar-refractivity contribution in [2.45, 2.75) is 90.5 Å². The number of nitrogens with one attached hydrogen (secondary N) is 1. The first-order valence-electron chi connectivity index (χ1n) is 9.59. The van der Waals surface area contributed by atoms with Crippen molar-refractivity contribution in [1.29, 1.82) is 0 Å². The van der Waals surface area contributed by atoms with E-state index in [0.717, 1.165) is 31.6 Å². The first-order chi connectivity index (χ1) is 10.3. The van der Waals surface area contributed by atoms with Crippen LogP contribution in [0.4, 0.5) is 0 Å². The Hall–Kier alpha value is -0.0800. The predicted molar refractivity (Wildman–Crippen MR) is 90.7 cm³/mol. The lowest BCUT2D eigenvalue weighted by Crippen LogP contribution is -2.39. The van der Waals surface area contributed by atoms with Gasteiger partial charge in [-0.25, -0.2) is 0 Å². The van der Waals surface area contributed by atoms with Crippen molar-refractivity contribution in [3.63, 3.8) is 0 Å². The highest BCUT2D eigenvalue weighted by molar-refractivity contribution is 4.91. The van der Waals surface area contributed by atoms with Crippen molar-refractivity contribution in [3.05, 3.63) is 0 Å². The number of ether oxygens (including phenoxy) is 1. The minimum absolute atomic E-state index is 0.541. The molecule has 0 spiro atoms. The summed E-state index contributed by atoms with van der Waals surface area (Å²) in [7, 11) is 0. The van der Waals surface area contributed by atoms with Gasteiger partial charge in [0, 0.05) is 25.8 Å². The third-order valence-corrected chi connectivity index (χ3v) is 5.60. The normalized spacial score (nSPS) is 29.7. The number of rotatable bonds is 11. The molecule has 0 aromatic rings. The number of unbranched alkanes of at least 4 members (excludes halogenated alkanes) is 1. The van der Waals surface area contributed by atoms with E-state index in [9.17, 15) is 0 Å². The van der Waals surface area contributed by atoms with Gasteiger partial charge < -0.3 is 10.1 Å². The lowest BCUT2D eigenvalue weighted by Gasteiger charge is -2.41. The summed E-state index contributed by atoms with van der Waals surface area (Å²) in [6, 6.07) is 0.844. The summed E-state index contributed by atoms with van der Waals surface area (Å²) >= 11 is 0. The van der Waals surface area contributed by atoms with Gasteiger partial charge >= 0.3 is 0 Å². The second-order valence-electron chi connectivity index (χ2n) is 7.60. The smallest absolute Gasteiger partial charge is 0.0471 e. The van der Waals surface area contributed by atoms with Crippen molar-refractivity contribution in [2.75, 3.05) is 19.8 Å². The maximum Gasteiger partial charge on any atom is 0.0471 e. The van der Waals surface area contributed by atoms with Crippen LogP contribution in [0.3, 0.4) is 0 Å². The predicted octanol–water partition coefficient (Wildman–Crippen LogP) is 4.92. The van der Waals surface area contributed by atoms with Gasteiger partial charge in [-0.3, -0.25) is 0 Å². The van der Waals surface area contributed by atoms with Gasteiger partial charge in [0.05, 0.1) is 0 Å². The molecule has 2 nitrogen and oxygen atoms in total. The topological polar surface area (TPSA) is 21.3 Å². The summed E-state index contributed by atoms with van der Waals surface area (Å²) in [4.78, 5) is 0. The van der Waals surface area contributed by atoms with E-state index in [1.165, 1.54) is 70.8 Å². The molecule has 124 valence electrons. The van der Waals surface area contributed by atoms with Gasteiger partial charge in [-0.1, -0.05) is 33.1 Å². The van der Waals surface area contributed by atoms with E-state index in [1.54, 1.807) is 0 Å². The Kier molecular flexibility index (Phi) is 7.53. The lowest BCUT2D eigenvalue weighted by atomic mass is 9.67. The van der Waals surface area contributed by atoms with E-state index in [4.69, 9.17) is 4.74 Å². The molecular formula is C19H37NO. The first-order valence-corrected chi connectivity index (χ1v) is 9.59. The van der Waals surface area contributed by atoms with Gasteiger partial charge in [0.1, 0.15) is 0 Å². The molecule has 2 saturated carbocycles. The summed E-state index contributed by atoms with van der Waals surface area (Å²) < 4.78 is 5.80. The van der Waals surface area contributed by atoms with Crippen LogP contribution in [0.1, 0.15) is 84.5 Å². The lowest BCUT2D eigenvalue weighted by molar-refractivity contribution is 0.0609. The van der Waals surface area contributed by atoms with Gasteiger partial charge in [-0.15, -0.1) is 0 Å². The zero-order valence-corrected chi connectivity index (χ0v) is 14.5. The Morgan fingerprint density at radius 2 is 1.76 bits per heavy atom. The SMILES string of the molecule is CCCCC1CCC(CCOCCC)(CNC2CC2)CC1. The van der Waals surface area contributed by atoms with Crippen molar-refractivity contribution in [2.24, 2.45) is 11.3 Å². The van der Waals surface area contributed by atoms with E-state index in [1.807, 2.05) is 0 Å². The molecule has 2 rings (SSSR count). The van der Waals surface area contributed by atoms with Gasteiger partial charge in [0.15, 0.2) is 0 Å². The van der Waals surface area contributed by atoms with Crippen molar-refractivity contribution in [3.8, 4) is 0 Å². The maximum absolute atomic E-state index is 5.80. The molecule has 21 heavy (non-hydrogen) atoms. The average Bonchev–Trinajstić information content (AvgIpc) is 3.34. The molecular weight excluding hydrogens is 258 g/mol. The molecule has 0 aromatic carbocycles. The molecule has 0 amide bonds. The molecule has 0 aliphatic heterocycles. The standard InChI is InChI=1S/C19H37NO/c1-3-5-6-17-9-11-19(12-10-17,13-15-21-14-4-2)16-20-18-7-8-18/h17-18,20H,3-16H2,1-2H3. The molecule has 0 saturated heterocycles. The zero-order valence-electron chi connectivity index (χ0n) is 14.5. The highest BCUT2D eigenvalue weighted by atomic mass is 16.5. The Bertz CT molecular complexity index is 267. The van der Waals surface area contributed by atoms with Crippen LogP contribution in [0.15, 0.2) is 0 Å². The Morgan fingerprint density at radius 3 is 2.38 bits per heavy atom. The summed E-state index contributed by atoms with van der Waals surface area (Å²) in [5.41, 5.74) is 0.541. The minimum Gasteiger partial charge on any atom is -0.381 e. The third kappa shape index (κ3) is 6.28. The quantitative estimate of drug-likeness (QED) is 0.546. The van der Waals surface area contributed by atoms with Crippen molar-refractivity contribution in [1.82, 2.24) is 5.32 Å². The molecule has 1 N–H and O–H groups in total. The van der Waals surface area contributed by atoms with E-state index in [0.29, 0.717) is 5.41 Å². The van der Waals surface area contributed by atoms with Crippen LogP contribution >= 0.6 is 0 Å². The number of hydrogen-bond acceptors (Lipinski definition) is 2. The van der Waals surface area contributed by atoms with Gasteiger partial charge in [-0.2, -0.15) is 0 Å². The molecule has 2 aliphatic rings. The Balaban J connectivity index is 1.75. The minimum atomic E-state index is 0.541. The molecule has 0 radical (unpaired) electrons. The molecule has 0 unspecified atom stereocenters. The Morgan fingerprint density at radius 1 is 1.00 bits per heavy atom. The van der Waals surface area contributed by atoms with Crippen LogP contribution in [0.5, 0.6) is 0 Å². The van der Waals surface area contributed by atoms with Crippen LogP contribution in [0.2, 0.25) is 0 Å².